The van der Waals surface area contributed by atoms with E-state index < -0.39 is 0 Å². The zero-order chi connectivity index (χ0) is 25.6. The number of hydrogen-bond acceptors (Lipinski definition) is 2. The lowest BCUT2D eigenvalue weighted by Gasteiger charge is -2.14. The molecule has 0 amide bonds. The predicted octanol–water partition coefficient (Wildman–Crippen LogP) is 8.89. The van der Waals surface area contributed by atoms with Crippen LogP contribution in [0.25, 0.3) is 55.0 Å². The molecule has 6 aromatic carbocycles. The van der Waals surface area contributed by atoms with Gasteiger partial charge in [0.2, 0.25) is 0 Å². The fraction of sp³-hybridized carbons (Fsp3) is 0. The fourth-order valence-corrected chi connectivity index (χ4v) is 5.28. The molecule has 0 spiro atoms. The largest absolute Gasteiger partial charge is 0.457 e. The van der Waals surface area contributed by atoms with Crippen molar-refractivity contribution in [1.82, 2.24) is 4.57 Å². The molecule has 0 aliphatic rings. The van der Waals surface area contributed by atoms with E-state index in [4.69, 9.17) is 4.74 Å². The molecule has 1 heterocycles. The second-order valence-corrected chi connectivity index (χ2v) is 9.47. The van der Waals surface area contributed by atoms with Crippen molar-refractivity contribution in [1.29, 1.82) is 0 Å². The number of pyridine rings is 1. The minimum Gasteiger partial charge on any atom is -0.457 e. The quantitative estimate of drug-likeness (QED) is 0.183. The first-order chi connectivity index (χ1) is 18.7. The van der Waals surface area contributed by atoms with Crippen molar-refractivity contribution in [3.8, 4) is 17.2 Å². The highest BCUT2D eigenvalue weighted by Crippen LogP contribution is 2.35. The summed E-state index contributed by atoms with van der Waals surface area (Å²) >= 11 is 0. The Labute approximate surface area is 219 Å². The summed E-state index contributed by atoms with van der Waals surface area (Å²) in [6.07, 6.45) is 3.68. The van der Waals surface area contributed by atoms with Crippen LogP contribution in [0.15, 0.2) is 133 Å². The number of para-hydroxylation sites is 1. The minimum absolute atomic E-state index is 0.0169. The molecule has 0 bridgehead atoms. The van der Waals surface area contributed by atoms with E-state index in [0.717, 1.165) is 66.0 Å². The Balaban J connectivity index is 1.44. The molecule has 0 aliphatic carbocycles. The molecule has 3 nitrogen and oxygen atoms in total. The second kappa shape index (κ2) is 8.75. The van der Waals surface area contributed by atoms with Crippen LogP contribution in [0.4, 0.5) is 0 Å². The molecule has 0 radical (unpaired) electrons. The summed E-state index contributed by atoms with van der Waals surface area (Å²) in [5.41, 5.74) is 2.96. The van der Waals surface area contributed by atoms with Crippen molar-refractivity contribution >= 4 is 49.3 Å². The van der Waals surface area contributed by atoms with E-state index in [1.54, 1.807) is 6.07 Å². The Kier molecular flexibility index (Phi) is 5.09. The summed E-state index contributed by atoms with van der Waals surface area (Å²) in [5.74, 6) is 1.63. The number of aromatic nitrogens is 1. The first-order valence-corrected chi connectivity index (χ1v) is 12.6. The summed E-state index contributed by atoms with van der Waals surface area (Å²) in [7, 11) is 0. The summed E-state index contributed by atoms with van der Waals surface area (Å²) in [6, 6.07) is 38.5. The van der Waals surface area contributed by atoms with Crippen LogP contribution < -0.4 is 10.2 Å². The Morgan fingerprint density at radius 1 is 0.658 bits per heavy atom. The summed E-state index contributed by atoms with van der Waals surface area (Å²) in [5, 5.41) is 7.03. The minimum atomic E-state index is 0.0169. The molecule has 0 saturated carbocycles. The van der Waals surface area contributed by atoms with Crippen LogP contribution in [-0.2, 0) is 0 Å². The third-order valence-electron chi connectivity index (χ3n) is 7.17. The van der Waals surface area contributed by atoms with Gasteiger partial charge in [-0.1, -0.05) is 61.2 Å². The molecular weight excluding hydrogens is 466 g/mol. The molecule has 1 aromatic heterocycles. The standard InChI is InChI=1S/C35H23NO2/c1-2-23-11-14-28(15-12-23)36-18-17-33(37)35-31-22-27-19-24-7-6-10-34(38-29-8-4-3-5-9-29)30(24)21-26(27)20-25(31)13-16-32(35)36/h2-22H,1H2. The van der Waals surface area contributed by atoms with Crippen LogP contribution in [0.2, 0.25) is 0 Å². The van der Waals surface area contributed by atoms with Gasteiger partial charge in [0.25, 0.3) is 0 Å². The van der Waals surface area contributed by atoms with Crippen molar-refractivity contribution in [2.45, 2.75) is 0 Å². The lowest BCUT2D eigenvalue weighted by molar-refractivity contribution is 0.488. The van der Waals surface area contributed by atoms with Crippen LogP contribution in [0, 0.1) is 0 Å². The van der Waals surface area contributed by atoms with E-state index >= 15 is 0 Å². The van der Waals surface area contributed by atoms with Crippen LogP contribution in [0.1, 0.15) is 5.56 Å². The highest BCUT2D eigenvalue weighted by atomic mass is 16.5. The van der Waals surface area contributed by atoms with Gasteiger partial charge in [-0.15, -0.1) is 0 Å². The Bertz CT molecular complexity index is 2070. The number of ether oxygens (including phenoxy) is 1. The number of benzene rings is 6. The molecular formula is C35H23NO2. The topological polar surface area (TPSA) is 31.2 Å². The van der Waals surface area contributed by atoms with E-state index in [0.29, 0.717) is 0 Å². The normalized spacial score (nSPS) is 11.4. The van der Waals surface area contributed by atoms with E-state index in [-0.39, 0.29) is 5.43 Å². The van der Waals surface area contributed by atoms with Crippen molar-refractivity contribution < 1.29 is 4.74 Å². The fourth-order valence-electron chi connectivity index (χ4n) is 5.28. The van der Waals surface area contributed by atoms with Gasteiger partial charge < -0.3 is 9.30 Å². The molecule has 3 heteroatoms. The Morgan fingerprint density at radius 2 is 1.39 bits per heavy atom. The maximum absolute atomic E-state index is 13.2. The summed E-state index contributed by atoms with van der Waals surface area (Å²) < 4.78 is 8.29. The smallest absolute Gasteiger partial charge is 0.190 e. The molecule has 0 unspecified atom stereocenters. The summed E-state index contributed by atoms with van der Waals surface area (Å²) in [6.45, 7) is 3.84. The molecule has 7 rings (SSSR count). The van der Waals surface area contributed by atoms with Gasteiger partial charge in [0.1, 0.15) is 11.5 Å². The average molecular weight is 490 g/mol. The van der Waals surface area contributed by atoms with E-state index in [9.17, 15) is 4.79 Å². The van der Waals surface area contributed by atoms with Gasteiger partial charge in [-0.05, 0) is 93.2 Å². The lowest BCUT2D eigenvalue weighted by atomic mass is 9.97. The van der Waals surface area contributed by atoms with E-state index in [2.05, 4.69) is 47.5 Å². The highest BCUT2D eigenvalue weighted by molar-refractivity contribution is 6.13. The zero-order valence-corrected chi connectivity index (χ0v) is 20.6. The molecule has 7 aromatic rings. The number of nitrogens with zero attached hydrogens (tertiary/aromatic N) is 1. The molecule has 0 atom stereocenters. The third kappa shape index (κ3) is 3.64. The molecule has 0 saturated heterocycles. The zero-order valence-electron chi connectivity index (χ0n) is 20.6. The average Bonchev–Trinajstić information content (AvgIpc) is 2.96. The van der Waals surface area contributed by atoms with Crippen molar-refractivity contribution in [2.75, 3.05) is 0 Å². The molecule has 0 aliphatic heterocycles. The van der Waals surface area contributed by atoms with E-state index in [1.165, 1.54) is 0 Å². The van der Waals surface area contributed by atoms with Gasteiger partial charge in [0, 0.05) is 23.3 Å². The van der Waals surface area contributed by atoms with Crippen molar-refractivity contribution in [2.24, 2.45) is 0 Å². The first kappa shape index (κ1) is 22.1. The molecule has 0 N–H and O–H groups in total. The third-order valence-corrected chi connectivity index (χ3v) is 7.17. The lowest BCUT2D eigenvalue weighted by Crippen LogP contribution is -2.07. The van der Waals surface area contributed by atoms with Crippen molar-refractivity contribution in [3.63, 3.8) is 0 Å². The predicted molar refractivity (Wildman–Crippen MR) is 159 cm³/mol. The van der Waals surface area contributed by atoms with Crippen LogP contribution >= 0.6 is 0 Å². The summed E-state index contributed by atoms with van der Waals surface area (Å²) in [4.78, 5) is 13.2. The van der Waals surface area contributed by atoms with Gasteiger partial charge >= 0.3 is 0 Å². The van der Waals surface area contributed by atoms with Crippen LogP contribution in [0.5, 0.6) is 11.5 Å². The maximum Gasteiger partial charge on any atom is 0.190 e. The van der Waals surface area contributed by atoms with Gasteiger partial charge in [-0.3, -0.25) is 4.79 Å². The Hall–Kier alpha value is -5.15. The Morgan fingerprint density at radius 3 is 2.16 bits per heavy atom. The van der Waals surface area contributed by atoms with E-state index in [1.807, 2.05) is 85.1 Å². The number of fused-ring (bicyclic) bond motifs is 5. The number of hydrogen-bond donors (Lipinski definition) is 0. The molecule has 180 valence electrons. The molecule has 38 heavy (non-hydrogen) atoms. The first-order valence-electron chi connectivity index (χ1n) is 12.6. The van der Waals surface area contributed by atoms with Crippen molar-refractivity contribution in [3.05, 3.63) is 144 Å². The van der Waals surface area contributed by atoms with Gasteiger partial charge in [-0.2, -0.15) is 0 Å². The van der Waals surface area contributed by atoms with Gasteiger partial charge in [-0.25, -0.2) is 0 Å². The molecule has 0 fully saturated rings. The maximum atomic E-state index is 13.2. The highest BCUT2D eigenvalue weighted by Gasteiger charge is 2.12. The van der Waals surface area contributed by atoms with Gasteiger partial charge in [0.05, 0.1) is 10.9 Å². The number of rotatable bonds is 4. The SMILES string of the molecule is C=Cc1ccc(-n2ccc(=O)c3c4cc5cc6cccc(Oc7ccccc7)c6cc5cc4ccc32)cc1. The second-order valence-electron chi connectivity index (χ2n) is 9.47. The van der Waals surface area contributed by atoms with Crippen LogP contribution in [-0.4, -0.2) is 4.57 Å². The monoisotopic (exact) mass is 489 g/mol. The van der Waals surface area contributed by atoms with Crippen LogP contribution in [0.3, 0.4) is 0 Å². The van der Waals surface area contributed by atoms with Gasteiger partial charge in [0.15, 0.2) is 5.43 Å².